The average Bonchev–Trinajstić information content (AvgIpc) is 1.95. The third kappa shape index (κ3) is 2.16. The van der Waals surface area contributed by atoms with Crippen molar-refractivity contribution >= 4 is 42.0 Å². The lowest BCUT2D eigenvalue weighted by molar-refractivity contribution is 1.50. The highest BCUT2D eigenvalue weighted by Gasteiger charge is 1.87. The van der Waals surface area contributed by atoms with E-state index in [4.69, 9.17) is 7.85 Å². The van der Waals surface area contributed by atoms with Crippen molar-refractivity contribution in [2.75, 3.05) is 0 Å². The van der Waals surface area contributed by atoms with Crippen molar-refractivity contribution in [2.45, 2.75) is 4.90 Å². The molecule has 0 nitrogen and oxygen atoms in total. The maximum Gasteiger partial charge on any atom is 0.113 e. The maximum absolute atomic E-state index is 5.48. The Bertz CT molecular complexity index is 218. The van der Waals surface area contributed by atoms with Crippen LogP contribution in [-0.4, -0.2) is 12.5 Å². The van der Waals surface area contributed by atoms with Crippen LogP contribution in [0.2, 0.25) is 0 Å². The minimum atomic E-state index is 0.786. The summed E-state index contributed by atoms with van der Waals surface area (Å²) in [7, 11) is 5.48. The van der Waals surface area contributed by atoms with Crippen molar-refractivity contribution in [3.8, 4) is 0 Å². The van der Waals surface area contributed by atoms with Gasteiger partial charge in [0.15, 0.2) is 0 Å². The molecule has 48 valence electrons. The van der Waals surface area contributed by atoms with Crippen molar-refractivity contribution in [2.24, 2.45) is 0 Å². The summed E-state index contributed by atoms with van der Waals surface area (Å²) >= 11 is 6.19. The van der Waals surface area contributed by atoms with Crippen LogP contribution in [0.25, 0.3) is 0 Å². The van der Waals surface area contributed by atoms with E-state index in [1.54, 1.807) is 4.70 Å². The molecule has 10 heavy (non-hydrogen) atoms. The number of benzene rings is 1. The van der Waals surface area contributed by atoms with Crippen LogP contribution < -0.4 is 5.46 Å². The van der Waals surface area contributed by atoms with Crippen molar-refractivity contribution in [3.63, 3.8) is 0 Å². The molecule has 1 rings (SSSR count). The van der Waals surface area contributed by atoms with Gasteiger partial charge in [-0.1, -0.05) is 41.6 Å². The van der Waals surface area contributed by atoms with Crippen LogP contribution in [0.4, 0.5) is 0 Å². The zero-order valence-corrected chi connectivity index (χ0v) is 6.91. The molecule has 0 aromatic heterocycles. The average molecular weight is 164 g/mol. The van der Waals surface area contributed by atoms with Crippen LogP contribution in [0, 0.1) is 0 Å². The highest BCUT2D eigenvalue weighted by Crippen LogP contribution is 2.12. The zero-order valence-electron chi connectivity index (χ0n) is 5.28. The predicted octanol–water partition coefficient (Wildman–Crippen LogP) is 1.53. The normalized spacial score (nSPS) is 9.20. The SMILES string of the molecule is [B]c1ccc(SC=S)cc1. The van der Waals surface area contributed by atoms with Gasteiger partial charge in [-0.2, -0.15) is 0 Å². The Morgan fingerprint density at radius 2 is 1.90 bits per heavy atom. The summed E-state index contributed by atoms with van der Waals surface area (Å²) in [5, 5.41) is 0. The van der Waals surface area contributed by atoms with Crippen LogP contribution in [0.5, 0.6) is 0 Å². The quantitative estimate of drug-likeness (QED) is 0.369. The summed E-state index contributed by atoms with van der Waals surface area (Å²) in [5.74, 6) is 0. The molecule has 0 heterocycles. The minimum absolute atomic E-state index is 0.786. The molecule has 0 amide bonds. The molecule has 1 aromatic carbocycles. The summed E-state index contributed by atoms with van der Waals surface area (Å²) in [6, 6.07) is 7.62. The molecule has 0 saturated heterocycles. The second-order valence-electron chi connectivity index (χ2n) is 1.78. The highest BCUT2D eigenvalue weighted by atomic mass is 32.2. The van der Waals surface area contributed by atoms with Gasteiger partial charge in [-0.3, -0.25) is 0 Å². The molecular formula is C7H5BS2. The van der Waals surface area contributed by atoms with E-state index in [0.29, 0.717) is 0 Å². The summed E-state index contributed by atoms with van der Waals surface area (Å²) in [5.41, 5.74) is 0.786. The molecule has 2 radical (unpaired) electrons. The lowest BCUT2D eigenvalue weighted by Gasteiger charge is -1.94. The molecule has 0 aliphatic rings. The van der Waals surface area contributed by atoms with Crippen molar-refractivity contribution in [3.05, 3.63) is 24.3 Å². The van der Waals surface area contributed by atoms with Crippen molar-refractivity contribution < 1.29 is 0 Å². The first-order chi connectivity index (χ1) is 4.83. The second-order valence-corrected chi connectivity index (χ2v) is 3.26. The third-order valence-electron chi connectivity index (χ3n) is 1.06. The maximum atomic E-state index is 5.48. The molecular weight excluding hydrogens is 159 g/mol. The number of hydrogen-bond acceptors (Lipinski definition) is 2. The Morgan fingerprint density at radius 3 is 2.40 bits per heavy atom. The largest absolute Gasteiger partial charge is 0.113 e. The van der Waals surface area contributed by atoms with Gasteiger partial charge >= 0.3 is 0 Å². The summed E-state index contributed by atoms with van der Waals surface area (Å²) < 4.78 is 1.63. The lowest BCUT2D eigenvalue weighted by Crippen LogP contribution is -1.98. The highest BCUT2D eigenvalue weighted by molar-refractivity contribution is 8.20. The van der Waals surface area contributed by atoms with Crippen LogP contribution >= 0.6 is 24.0 Å². The first-order valence-electron chi connectivity index (χ1n) is 2.79. The fourth-order valence-electron chi connectivity index (χ4n) is 0.602. The number of hydrogen-bond donors (Lipinski definition) is 0. The van der Waals surface area contributed by atoms with Gasteiger partial charge in [-0.05, 0) is 12.1 Å². The first kappa shape index (κ1) is 7.83. The van der Waals surface area contributed by atoms with E-state index < -0.39 is 0 Å². The van der Waals surface area contributed by atoms with Crippen LogP contribution in [0.1, 0.15) is 0 Å². The van der Waals surface area contributed by atoms with E-state index in [2.05, 4.69) is 12.2 Å². The van der Waals surface area contributed by atoms with E-state index in [9.17, 15) is 0 Å². The topological polar surface area (TPSA) is 0 Å². The van der Waals surface area contributed by atoms with Gasteiger partial charge in [0, 0.05) is 9.59 Å². The molecule has 0 saturated carbocycles. The molecule has 0 aliphatic heterocycles. The van der Waals surface area contributed by atoms with Gasteiger partial charge in [-0.15, -0.1) is 0 Å². The molecule has 0 bridgehead atoms. The van der Waals surface area contributed by atoms with Gasteiger partial charge in [-0.25, -0.2) is 0 Å². The van der Waals surface area contributed by atoms with Gasteiger partial charge in [0.1, 0.15) is 7.85 Å². The zero-order chi connectivity index (χ0) is 7.40. The van der Waals surface area contributed by atoms with Gasteiger partial charge in [0.05, 0.1) is 0 Å². The van der Waals surface area contributed by atoms with E-state index >= 15 is 0 Å². The molecule has 0 N–H and O–H groups in total. The second kappa shape index (κ2) is 3.79. The molecule has 0 unspecified atom stereocenters. The summed E-state index contributed by atoms with van der Waals surface area (Å²) in [4.78, 5) is 1.13. The van der Waals surface area contributed by atoms with Crippen LogP contribution in [0.15, 0.2) is 29.2 Å². The molecule has 0 fully saturated rings. The predicted molar refractivity (Wildman–Crippen MR) is 51.3 cm³/mol. The fraction of sp³-hybridized carbons (Fsp3) is 0. The standard InChI is InChI=1S/C7H5BS2/c8-6-1-3-7(4-2-6)10-5-9/h1-5H. The lowest BCUT2D eigenvalue weighted by atomic mass is 9.97. The van der Waals surface area contributed by atoms with Gasteiger partial charge < -0.3 is 0 Å². The van der Waals surface area contributed by atoms with Crippen LogP contribution in [0.3, 0.4) is 0 Å². The number of thioether (sulfide) groups is 1. The minimum Gasteiger partial charge on any atom is -0.0966 e. The van der Waals surface area contributed by atoms with E-state index in [0.717, 1.165) is 10.4 Å². The third-order valence-corrected chi connectivity index (χ3v) is 1.99. The Hall–Kier alpha value is -0.275. The summed E-state index contributed by atoms with van der Waals surface area (Å²) in [6.45, 7) is 0. The monoisotopic (exact) mass is 164 g/mol. The van der Waals surface area contributed by atoms with E-state index in [-0.39, 0.29) is 0 Å². The summed E-state index contributed by atoms with van der Waals surface area (Å²) in [6.07, 6.45) is 0. The van der Waals surface area contributed by atoms with Crippen LogP contribution in [-0.2, 0) is 0 Å². The Morgan fingerprint density at radius 1 is 1.30 bits per heavy atom. The van der Waals surface area contributed by atoms with Gasteiger partial charge in [0.2, 0.25) is 0 Å². The number of rotatable bonds is 2. The van der Waals surface area contributed by atoms with Gasteiger partial charge in [0.25, 0.3) is 0 Å². The fourth-order valence-corrected chi connectivity index (χ4v) is 1.34. The van der Waals surface area contributed by atoms with Crippen molar-refractivity contribution in [1.29, 1.82) is 0 Å². The van der Waals surface area contributed by atoms with E-state index in [1.165, 1.54) is 11.8 Å². The molecule has 0 atom stereocenters. The first-order valence-corrected chi connectivity index (χ1v) is 4.14. The van der Waals surface area contributed by atoms with E-state index in [1.807, 2.05) is 24.3 Å². The Kier molecular flexibility index (Phi) is 2.96. The van der Waals surface area contributed by atoms with Crippen molar-refractivity contribution in [1.82, 2.24) is 0 Å². The smallest absolute Gasteiger partial charge is 0.0966 e. The number of thiocarbonyl (C=S) groups is 1. The Labute approximate surface area is 71.4 Å². The molecule has 3 heteroatoms. The molecule has 1 aromatic rings. The molecule has 0 spiro atoms. The Balaban J connectivity index is 2.78. The molecule has 0 aliphatic carbocycles.